The predicted molar refractivity (Wildman–Crippen MR) is 95.8 cm³/mol. The van der Waals surface area contributed by atoms with E-state index in [1.54, 1.807) is 19.2 Å². The lowest BCUT2D eigenvalue weighted by Gasteiger charge is -2.36. The van der Waals surface area contributed by atoms with Crippen molar-refractivity contribution < 1.29 is 13.9 Å². The molecule has 1 aliphatic heterocycles. The van der Waals surface area contributed by atoms with Crippen molar-refractivity contribution in [3.63, 3.8) is 0 Å². The number of piperazine rings is 1. The molecule has 138 valence electrons. The van der Waals surface area contributed by atoms with Gasteiger partial charge in [-0.05, 0) is 25.0 Å². The highest BCUT2D eigenvalue weighted by Crippen LogP contribution is 2.20. The molecule has 2 fully saturated rings. The molecule has 7 heteroatoms. The van der Waals surface area contributed by atoms with Gasteiger partial charge in [0.15, 0.2) is 11.7 Å². The Morgan fingerprint density at radius 2 is 2.00 bits per heavy atom. The van der Waals surface area contributed by atoms with Crippen LogP contribution in [0.2, 0.25) is 0 Å². The number of guanidine groups is 1. The summed E-state index contributed by atoms with van der Waals surface area (Å²) in [4.78, 5) is 20.7. The molecule has 0 radical (unpaired) electrons. The molecular weight excluding hydrogens is 320 g/mol. The first-order chi connectivity index (χ1) is 12.3. The van der Waals surface area contributed by atoms with Crippen LogP contribution in [0.4, 0.5) is 0 Å². The van der Waals surface area contributed by atoms with Crippen LogP contribution in [0.1, 0.15) is 36.2 Å². The number of hydrogen-bond acceptors (Lipinski definition) is 4. The van der Waals surface area contributed by atoms with Gasteiger partial charge < -0.3 is 24.3 Å². The Bertz CT molecular complexity index is 559. The van der Waals surface area contributed by atoms with Crippen molar-refractivity contribution in [1.29, 1.82) is 0 Å². The number of furan rings is 1. The molecule has 2 heterocycles. The Morgan fingerprint density at radius 1 is 1.28 bits per heavy atom. The number of hydrogen-bond donors (Lipinski definition) is 1. The smallest absolute Gasteiger partial charge is 0.289 e. The van der Waals surface area contributed by atoms with E-state index in [1.807, 2.05) is 4.90 Å². The first-order valence-electron chi connectivity index (χ1n) is 9.18. The van der Waals surface area contributed by atoms with Crippen LogP contribution >= 0.6 is 0 Å². The van der Waals surface area contributed by atoms with E-state index in [2.05, 4.69) is 15.2 Å². The third kappa shape index (κ3) is 4.75. The highest BCUT2D eigenvalue weighted by molar-refractivity contribution is 5.91. The molecule has 1 saturated carbocycles. The molecule has 1 amide bonds. The summed E-state index contributed by atoms with van der Waals surface area (Å²) in [6.45, 7) is 4.32. The van der Waals surface area contributed by atoms with Gasteiger partial charge in [-0.3, -0.25) is 9.79 Å². The van der Waals surface area contributed by atoms with Crippen molar-refractivity contribution in [3.8, 4) is 0 Å². The molecular formula is C18H28N4O3. The second-order valence-electron chi connectivity index (χ2n) is 6.51. The van der Waals surface area contributed by atoms with Crippen molar-refractivity contribution in [3.05, 3.63) is 24.2 Å². The first kappa shape index (κ1) is 17.8. The maximum absolute atomic E-state index is 12.3. The van der Waals surface area contributed by atoms with Gasteiger partial charge in [0.25, 0.3) is 5.91 Å². The van der Waals surface area contributed by atoms with Gasteiger partial charge in [0.05, 0.1) is 19.0 Å². The molecule has 25 heavy (non-hydrogen) atoms. The fourth-order valence-electron chi connectivity index (χ4n) is 3.45. The quantitative estimate of drug-likeness (QED) is 0.497. The maximum atomic E-state index is 12.3. The molecule has 3 rings (SSSR count). The van der Waals surface area contributed by atoms with Crippen LogP contribution in [0.15, 0.2) is 27.8 Å². The van der Waals surface area contributed by atoms with E-state index in [1.165, 1.54) is 31.9 Å². The Kier molecular flexibility index (Phi) is 6.33. The van der Waals surface area contributed by atoms with Gasteiger partial charge in [-0.1, -0.05) is 12.8 Å². The summed E-state index contributed by atoms with van der Waals surface area (Å²) in [5.74, 6) is 1.23. The van der Waals surface area contributed by atoms with E-state index < -0.39 is 0 Å². The van der Waals surface area contributed by atoms with E-state index in [-0.39, 0.29) is 5.91 Å². The number of nitrogens with zero attached hydrogens (tertiary/aromatic N) is 3. The van der Waals surface area contributed by atoms with Gasteiger partial charge in [0.2, 0.25) is 0 Å². The second-order valence-corrected chi connectivity index (χ2v) is 6.51. The topological polar surface area (TPSA) is 70.3 Å². The molecule has 1 saturated heterocycles. The van der Waals surface area contributed by atoms with Gasteiger partial charge in [-0.25, -0.2) is 0 Å². The predicted octanol–water partition coefficient (Wildman–Crippen LogP) is 1.57. The summed E-state index contributed by atoms with van der Waals surface area (Å²) in [5, 5.41) is 3.36. The summed E-state index contributed by atoms with van der Waals surface area (Å²) in [7, 11) is 1.79. The lowest BCUT2D eigenvalue weighted by Crippen LogP contribution is -2.54. The Hall–Kier alpha value is -2.02. The van der Waals surface area contributed by atoms with Crippen molar-refractivity contribution in [2.45, 2.75) is 31.8 Å². The standard InChI is InChI=1S/C18H28N4O3/c1-19-18(20-8-14-24-15-5-2-3-6-15)22-11-9-21(10-12-22)17(23)16-7-4-13-25-16/h4,7,13,15H,2-3,5-6,8-12,14H2,1H3,(H,19,20). The molecule has 1 aromatic heterocycles. The van der Waals surface area contributed by atoms with Crippen LogP contribution < -0.4 is 5.32 Å². The summed E-state index contributed by atoms with van der Waals surface area (Å²) >= 11 is 0. The van der Waals surface area contributed by atoms with Gasteiger partial charge in [-0.15, -0.1) is 0 Å². The number of ether oxygens (including phenoxy) is 1. The normalized spacial score (nSPS) is 19.5. The van der Waals surface area contributed by atoms with Crippen LogP contribution in [0.25, 0.3) is 0 Å². The average Bonchev–Trinajstić information content (AvgIpc) is 3.35. The minimum atomic E-state index is -0.0439. The van der Waals surface area contributed by atoms with Gasteiger partial charge in [-0.2, -0.15) is 0 Å². The Labute approximate surface area is 149 Å². The zero-order valence-corrected chi connectivity index (χ0v) is 14.9. The minimum Gasteiger partial charge on any atom is -0.459 e. The summed E-state index contributed by atoms with van der Waals surface area (Å²) in [5.41, 5.74) is 0. The van der Waals surface area contributed by atoms with Crippen LogP contribution in [0.5, 0.6) is 0 Å². The third-order valence-electron chi connectivity index (χ3n) is 4.85. The fraction of sp³-hybridized carbons (Fsp3) is 0.667. The Balaban J connectivity index is 1.38. The zero-order valence-electron chi connectivity index (χ0n) is 14.9. The molecule has 0 aromatic carbocycles. The van der Waals surface area contributed by atoms with Crippen molar-refractivity contribution >= 4 is 11.9 Å². The van der Waals surface area contributed by atoms with Crippen LogP contribution in [-0.2, 0) is 4.74 Å². The van der Waals surface area contributed by atoms with E-state index in [9.17, 15) is 4.79 Å². The van der Waals surface area contributed by atoms with E-state index >= 15 is 0 Å². The minimum absolute atomic E-state index is 0.0439. The molecule has 2 aliphatic rings. The number of carbonyl (C=O) groups excluding carboxylic acids is 1. The lowest BCUT2D eigenvalue weighted by atomic mass is 10.3. The summed E-state index contributed by atoms with van der Waals surface area (Å²) in [6.07, 6.45) is 6.95. The van der Waals surface area contributed by atoms with Crippen LogP contribution in [-0.4, -0.2) is 74.1 Å². The van der Waals surface area contributed by atoms with Crippen molar-refractivity contribution in [1.82, 2.24) is 15.1 Å². The molecule has 0 unspecified atom stereocenters. The number of aliphatic imine (C=N–C) groups is 1. The molecule has 1 N–H and O–H groups in total. The molecule has 1 aliphatic carbocycles. The first-order valence-corrected chi connectivity index (χ1v) is 9.18. The van der Waals surface area contributed by atoms with Crippen LogP contribution in [0.3, 0.4) is 0 Å². The number of rotatable bonds is 5. The SMILES string of the molecule is CN=C(NCCOC1CCCC1)N1CCN(C(=O)c2ccco2)CC1. The fourth-order valence-corrected chi connectivity index (χ4v) is 3.45. The number of carbonyl (C=O) groups is 1. The van der Waals surface area contributed by atoms with Crippen molar-refractivity contribution in [2.75, 3.05) is 46.4 Å². The van der Waals surface area contributed by atoms with E-state index in [4.69, 9.17) is 9.15 Å². The van der Waals surface area contributed by atoms with E-state index in [0.717, 1.165) is 25.6 Å². The largest absolute Gasteiger partial charge is 0.459 e. The highest BCUT2D eigenvalue weighted by atomic mass is 16.5. The van der Waals surface area contributed by atoms with Crippen molar-refractivity contribution in [2.24, 2.45) is 4.99 Å². The summed E-state index contributed by atoms with van der Waals surface area (Å²) < 4.78 is 11.1. The average molecular weight is 348 g/mol. The van der Waals surface area contributed by atoms with Gasteiger partial charge >= 0.3 is 0 Å². The molecule has 0 bridgehead atoms. The highest BCUT2D eigenvalue weighted by Gasteiger charge is 2.25. The van der Waals surface area contributed by atoms with E-state index in [0.29, 0.717) is 31.6 Å². The third-order valence-corrected chi connectivity index (χ3v) is 4.85. The molecule has 7 nitrogen and oxygen atoms in total. The monoisotopic (exact) mass is 348 g/mol. The second kappa shape index (κ2) is 8.89. The Morgan fingerprint density at radius 3 is 2.64 bits per heavy atom. The van der Waals surface area contributed by atoms with Crippen LogP contribution in [0, 0.1) is 0 Å². The molecule has 0 atom stereocenters. The zero-order chi connectivity index (χ0) is 17.5. The number of amides is 1. The lowest BCUT2D eigenvalue weighted by molar-refractivity contribution is 0.0611. The molecule has 1 aromatic rings. The summed E-state index contributed by atoms with van der Waals surface area (Å²) in [6, 6.07) is 3.45. The van der Waals surface area contributed by atoms with Gasteiger partial charge in [0, 0.05) is 39.8 Å². The maximum Gasteiger partial charge on any atom is 0.289 e. The van der Waals surface area contributed by atoms with Gasteiger partial charge in [0.1, 0.15) is 0 Å². The number of nitrogens with one attached hydrogen (secondary N) is 1. The molecule has 0 spiro atoms.